The van der Waals surface area contributed by atoms with Crippen LogP contribution in [0.25, 0.3) is 11.1 Å². The highest BCUT2D eigenvalue weighted by atomic mass is 32.2. The quantitative estimate of drug-likeness (QED) is 0.393. The molecule has 0 atom stereocenters. The first-order chi connectivity index (χ1) is 17.5. The zero-order valence-electron chi connectivity index (χ0n) is 21.3. The average Bonchev–Trinajstić information content (AvgIpc) is 3.14. The highest BCUT2D eigenvalue weighted by molar-refractivity contribution is 7.98. The second-order valence-corrected chi connectivity index (χ2v) is 9.15. The van der Waals surface area contributed by atoms with Gasteiger partial charge in [-0.2, -0.15) is 0 Å². The van der Waals surface area contributed by atoms with Gasteiger partial charge in [-0.15, -0.1) is 11.8 Å². The van der Waals surface area contributed by atoms with Gasteiger partial charge in [0.2, 0.25) is 11.7 Å². The lowest BCUT2D eigenvalue weighted by Gasteiger charge is -2.21. The van der Waals surface area contributed by atoms with Gasteiger partial charge in [0.15, 0.2) is 23.0 Å². The highest BCUT2D eigenvalue weighted by Crippen LogP contribution is 2.40. The van der Waals surface area contributed by atoms with E-state index < -0.39 is 0 Å². The Balaban J connectivity index is 1.61. The molecule has 0 bridgehead atoms. The van der Waals surface area contributed by atoms with E-state index in [4.69, 9.17) is 23.7 Å². The van der Waals surface area contributed by atoms with Gasteiger partial charge in [-0.1, -0.05) is 12.1 Å². The van der Waals surface area contributed by atoms with Crippen LogP contribution in [0.1, 0.15) is 11.1 Å². The number of amides is 1. The number of fused-ring (bicyclic) bond motifs is 1. The summed E-state index contributed by atoms with van der Waals surface area (Å²) >= 11 is 1.71. The number of thioether (sulfide) groups is 1. The Morgan fingerprint density at radius 1 is 0.889 bits per heavy atom. The lowest BCUT2D eigenvalue weighted by atomic mass is 10.0. The molecule has 3 aromatic rings. The molecule has 0 N–H and O–H groups in total. The number of hydrogen-bond donors (Lipinski definition) is 0. The molecule has 0 aliphatic carbocycles. The Hall–Kier alpha value is -3.52. The van der Waals surface area contributed by atoms with Crippen LogP contribution in [0.2, 0.25) is 0 Å². The first kappa shape index (κ1) is 25.6. The topological polar surface area (TPSA) is 66.5 Å². The molecule has 4 rings (SSSR count). The van der Waals surface area contributed by atoms with Crippen molar-refractivity contribution in [2.75, 3.05) is 47.8 Å². The van der Waals surface area contributed by atoms with Gasteiger partial charge >= 0.3 is 0 Å². The third-order valence-corrected chi connectivity index (χ3v) is 6.92. The van der Waals surface area contributed by atoms with Crippen molar-refractivity contribution in [3.8, 4) is 39.9 Å². The van der Waals surface area contributed by atoms with Crippen molar-refractivity contribution in [1.82, 2.24) is 4.90 Å². The van der Waals surface area contributed by atoms with Gasteiger partial charge < -0.3 is 28.6 Å². The summed E-state index contributed by atoms with van der Waals surface area (Å²) in [6, 6.07) is 16.1. The summed E-state index contributed by atoms with van der Waals surface area (Å²) in [5.41, 5.74) is 3.78. The third kappa shape index (κ3) is 5.33. The first-order valence-corrected chi connectivity index (χ1v) is 12.8. The molecule has 3 aromatic carbocycles. The minimum atomic E-state index is -0.0191. The van der Waals surface area contributed by atoms with Crippen molar-refractivity contribution in [3.63, 3.8) is 0 Å². The van der Waals surface area contributed by atoms with E-state index in [0.29, 0.717) is 48.4 Å². The van der Waals surface area contributed by atoms with Gasteiger partial charge in [-0.3, -0.25) is 4.79 Å². The summed E-state index contributed by atoms with van der Waals surface area (Å²) in [6.45, 7) is 1.27. The van der Waals surface area contributed by atoms with Crippen LogP contribution in [0.15, 0.2) is 53.4 Å². The van der Waals surface area contributed by atoms with Gasteiger partial charge in [0.05, 0.1) is 41.4 Å². The van der Waals surface area contributed by atoms with E-state index >= 15 is 0 Å². The van der Waals surface area contributed by atoms with Gasteiger partial charge in [0.1, 0.15) is 6.61 Å². The Labute approximate surface area is 216 Å². The molecule has 0 aromatic heterocycles. The van der Waals surface area contributed by atoms with Crippen LogP contribution in [0.3, 0.4) is 0 Å². The van der Waals surface area contributed by atoms with Crippen molar-refractivity contribution < 1.29 is 28.5 Å². The summed E-state index contributed by atoms with van der Waals surface area (Å²) in [4.78, 5) is 16.4. The summed E-state index contributed by atoms with van der Waals surface area (Å²) in [5, 5.41) is 0. The fourth-order valence-electron chi connectivity index (χ4n) is 4.32. The van der Waals surface area contributed by atoms with E-state index in [0.717, 1.165) is 22.3 Å². The van der Waals surface area contributed by atoms with Gasteiger partial charge in [-0.05, 0) is 59.3 Å². The zero-order valence-corrected chi connectivity index (χ0v) is 22.1. The summed E-state index contributed by atoms with van der Waals surface area (Å²) in [7, 11) is 6.31. The number of ether oxygens (including phenoxy) is 5. The monoisotopic (exact) mass is 509 g/mol. The maximum Gasteiger partial charge on any atom is 0.227 e. The summed E-state index contributed by atoms with van der Waals surface area (Å²) in [6.07, 6.45) is 2.25. The molecule has 8 heteroatoms. The van der Waals surface area contributed by atoms with Crippen LogP contribution in [-0.4, -0.2) is 58.7 Å². The van der Waals surface area contributed by atoms with Crippen molar-refractivity contribution >= 4 is 17.7 Å². The van der Waals surface area contributed by atoms with Crippen LogP contribution < -0.4 is 23.7 Å². The van der Waals surface area contributed by atoms with Crippen LogP contribution in [0.4, 0.5) is 0 Å². The molecule has 0 saturated heterocycles. The van der Waals surface area contributed by atoms with Crippen LogP contribution in [0.5, 0.6) is 28.7 Å². The molecular formula is C28H31NO6S. The molecule has 1 aliphatic heterocycles. The fourth-order valence-corrected chi connectivity index (χ4v) is 4.73. The number of carbonyl (C=O) groups excluding carboxylic acids is 1. The Kier molecular flexibility index (Phi) is 8.15. The predicted octanol–water partition coefficient (Wildman–Crippen LogP) is 5.07. The molecule has 0 spiro atoms. The van der Waals surface area contributed by atoms with Crippen molar-refractivity contribution in [3.05, 3.63) is 59.7 Å². The number of benzene rings is 3. The van der Waals surface area contributed by atoms with E-state index in [-0.39, 0.29) is 12.3 Å². The molecule has 7 nitrogen and oxygen atoms in total. The Morgan fingerprint density at radius 2 is 1.56 bits per heavy atom. The molecule has 0 saturated carbocycles. The molecule has 190 valence electrons. The van der Waals surface area contributed by atoms with Crippen LogP contribution in [0, 0.1) is 0 Å². The molecule has 1 heterocycles. The van der Waals surface area contributed by atoms with Crippen molar-refractivity contribution in [1.29, 1.82) is 0 Å². The number of rotatable bonds is 8. The Morgan fingerprint density at radius 3 is 2.14 bits per heavy atom. The van der Waals surface area contributed by atoms with Gasteiger partial charge in [0, 0.05) is 17.0 Å². The minimum absolute atomic E-state index is 0.0191. The van der Waals surface area contributed by atoms with Crippen LogP contribution >= 0.6 is 11.8 Å². The van der Waals surface area contributed by atoms with Gasteiger partial charge in [0.25, 0.3) is 0 Å². The largest absolute Gasteiger partial charge is 0.493 e. The second-order valence-electron chi connectivity index (χ2n) is 8.27. The number of hydrogen-bond acceptors (Lipinski definition) is 7. The number of carbonyl (C=O) groups is 1. The normalized spacial score (nSPS) is 12.8. The van der Waals surface area contributed by atoms with E-state index in [9.17, 15) is 4.79 Å². The Bertz CT molecular complexity index is 1200. The number of nitrogens with zero attached hydrogens (tertiary/aromatic N) is 1. The lowest BCUT2D eigenvalue weighted by molar-refractivity contribution is -0.131. The molecular weight excluding hydrogens is 478 g/mol. The first-order valence-electron chi connectivity index (χ1n) is 11.6. The summed E-state index contributed by atoms with van der Waals surface area (Å²) < 4.78 is 28.0. The highest BCUT2D eigenvalue weighted by Gasteiger charge is 2.24. The zero-order chi connectivity index (χ0) is 25.7. The van der Waals surface area contributed by atoms with E-state index in [2.05, 4.69) is 36.6 Å². The molecule has 0 fully saturated rings. The second kappa shape index (κ2) is 11.5. The molecule has 1 amide bonds. The molecule has 0 unspecified atom stereocenters. The maximum absolute atomic E-state index is 13.4. The third-order valence-electron chi connectivity index (χ3n) is 6.18. The van der Waals surface area contributed by atoms with Gasteiger partial charge in [-0.25, -0.2) is 0 Å². The van der Waals surface area contributed by atoms with E-state index in [1.165, 1.54) is 4.90 Å². The molecule has 36 heavy (non-hydrogen) atoms. The van der Waals surface area contributed by atoms with Crippen LogP contribution in [-0.2, 0) is 17.8 Å². The SMILES string of the molecule is COc1cc(-c2ccc(SC)cc2)cc2c1OCCN(C(=O)Cc1cc(OC)c(OC)c(OC)c1)C2. The molecule has 1 aliphatic rings. The van der Waals surface area contributed by atoms with Crippen molar-refractivity contribution in [2.45, 2.75) is 17.9 Å². The fraction of sp³-hybridized carbons (Fsp3) is 0.321. The maximum atomic E-state index is 13.4. The number of methoxy groups -OCH3 is 4. The van der Waals surface area contributed by atoms with Crippen molar-refractivity contribution in [2.24, 2.45) is 0 Å². The standard InChI is InChI=1S/C28H31NO6S/c1-31-23-12-18(13-24(32-2)28(23)34-4)14-26(30)29-10-11-35-27-21(17-29)15-20(16-25(27)33-3)19-6-8-22(36-5)9-7-19/h6-9,12-13,15-16H,10-11,14,17H2,1-5H3. The molecule has 0 radical (unpaired) electrons. The smallest absolute Gasteiger partial charge is 0.227 e. The van der Waals surface area contributed by atoms with E-state index in [1.54, 1.807) is 52.3 Å². The average molecular weight is 510 g/mol. The summed E-state index contributed by atoms with van der Waals surface area (Å²) in [5.74, 6) is 2.87. The lowest BCUT2D eigenvalue weighted by Crippen LogP contribution is -2.33. The predicted molar refractivity (Wildman–Crippen MR) is 141 cm³/mol. The van der Waals surface area contributed by atoms with E-state index in [1.807, 2.05) is 11.0 Å². The minimum Gasteiger partial charge on any atom is -0.493 e.